The minimum atomic E-state index is 0.457. The van der Waals surface area contributed by atoms with Crippen molar-refractivity contribution in [1.29, 1.82) is 0 Å². The molecule has 1 unspecified atom stereocenters. The third-order valence-electron chi connectivity index (χ3n) is 2.96. The van der Waals surface area contributed by atoms with E-state index < -0.39 is 0 Å². The fourth-order valence-electron chi connectivity index (χ4n) is 1.68. The first-order valence-electron chi connectivity index (χ1n) is 5.82. The molecular weight excluding hydrogens is 254 g/mol. The lowest BCUT2D eigenvalue weighted by Crippen LogP contribution is -2.31. The monoisotopic (exact) mass is 273 g/mol. The highest BCUT2D eigenvalue weighted by molar-refractivity contribution is 7.98. The van der Waals surface area contributed by atoms with Crippen LogP contribution in [0.1, 0.15) is 25.8 Å². The summed E-state index contributed by atoms with van der Waals surface area (Å²) in [7, 11) is 2.07. The number of nitrogens with zero attached hydrogens (tertiary/aromatic N) is 3. The zero-order chi connectivity index (χ0) is 12.8. The number of thioether (sulfide) groups is 1. The molecular formula is C12H20ClN3S. The second-order valence-electron chi connectivity index (χ2n) is 4.06. The van der Waals surface area contributed by atoms with Gasteiger partial charge in [0.25, 0.3) is 0 Å². The Morgan fingerprint density at radius 1 is 1.47 bits per heavy atom. The van der Waals surface area contributed by atoms with Crippen molar-refractivity contribution in [3.8, 4) is 0 Å². The first kappa shape index (κ1) is 14.6. The van der Waals surface area contributed by atoms with Crippen LogP contribution >= 0.6 is 23.4 Å². The van der Waals surface area contributed by atoms with Crippen LogP contribution in [0.4, 0.5) is 5.82 Å². The quantitative estimate of drug-likeness (QED) is 0.744. The van der Waals surface area contributed by atoms with E-state index in [0.29, 0.717) is 11.2 Å². The summed E-state index contributed by atoms with van der Waals surface area (Å²) in [6, 6.07) is 0.457. The van der Waals surface area contributed by atoms with Crippen LogP contribution in [-0.4, -0.2) is 35.1 Å². The Hall–Kier alpha value is -0.480. The van der Waals surface area contributed by atoms with Gasteiger partial charge in [0, 0.05) is 18.7 Å². The fraction of sp³-hybridized carbons (Fsp3) is 0.667. The minimum absolute atomic E-state index is 0.457. The second kappa shape index (κ2) is 7.07. The number of rotatable bonds is 6. The standard InChI is InChI=1S/C12H20ClN3S/c1-5-10-11(13)14-8-15-12(10)16(3)9(2)6-7-17-4/h8-9H,5-7H2,1-4H3. The molecule has 0 bridgehead atoms. The molecule has 0 N–H and O–H groups in total. The molecule has 5 heteroatoms. The van der Waals surface area contributed by atoms with Gasteiger partial charge in [-0.25, -0.2) is 9.97 Å². The van der Waals surface area contributed by atoms with Gasteiger partial charge in [0.1, 0.15) is 17.3 Å². The van der Waals surface area contributed by atoms with Crippen LogP contribution < -0.4 is 4.90 Å². The third kappa shape index (κ3) is 3.75. The average Bonchev–Trinajstić information content (AvgIpc) is 2.34. The lowest BCUT2D eigenvalue weighted by atomic mass is 10.2. The van der Waals surface area contributed by atoms with Crippen LogP contribution in [0.15, 0.2) is 6.33 Å². The Morgan fingerprint density at radius 2 is 2.18 bits per heavy atom. The van der Waals surface area contributed by atoms with Crippen molar-refractivity contribution in [3.63, 3.8) is 0 Å². The fourth-order valence-corrected chi connectivity index (χ4v) is 2.52. The van der Waals surface area contributed by atoms with E-state index in [0.717, 1.165) is 30.0 Å². The first-order valence-corrected chi connectivity index (χ1v) is 7.60. The van der Waals surface area contributed by atoms with Gasteiger partial charge in [0.05, 0.1) is 0 Å². The number of anilines is 1. The summed E-state index contributed by atoms with van der Waals surface area (Å²) in [5.74, 6) is 2.12. The molecule has 0 saturated carbocycles. The molecule has 0 aliphatic rings. The van der Waals surface area contributed by atoms with Gasteiger partial charge in [0.15, 0.2) is 0 Å². The Kier molecular flexibility index (Phi) is 6.06. The predicted molar refractivity (Wildman–Crippen MR) is 77.3 cm³/mol. The highest BCUT2D eigenvalue weighted by atomic mass is 35.5. The maximum atomic E-state index is 6.10. The Morgan fingerprint density at radius 3 is 2.76 bits per heavy atom. The largest absolute Gasteiger partial charge is 0.357 e. The molecule has 3 nitrogen and oxygen atoms in total. The van der Waals surface area contributed by atoms with Crippen LogP contribution in [-0.2, 0) is 6.42 Å². The Balaban J connectivity index is 2.87. The minimum Gasteiger partial charge on any atom is -0.357 e. The lowest BCUT2D eigenvalue weighted by molar-refractivity contribution is 0.658. The van der Waals surface area contributed by atoms with E-state index in [1.165, 1.54) is 6.33 Å². The van der Waals surface area contributed by atoms with Gasteiger partial charge in [-0.3, -0.25) is 0 Å². The van der Waals surface area contributed by atoms with Crippen LogP contribution in [0, 0.1) is 0 Å². The van der Waals surface area contributed by atoms with Crippen molar-refractivity contribution in [3.05, 3.63) is 17.0 Å². The summed E-state index contributed by atoms with van der Waals surface area (Å²) in [4.78, 5) is 10.6. The summed E-state index contributed by atoms with van der Waals surface area (Å²) in [6.07, 6.45) is 5.66. The van der Waals surface area contributed by atoms with E-state index in [1.54, 1.807) is 0 Å². The van der Waals surface area contributed by atoms with Crippen molar-refractivity contribution >= 4 is 29.2 Å². The SMILES string of the molecule is CCc1c(Cl)ncnc1N(C)C(C)CCSC. The number of aromatic nitrogens is 2. The molecule has 1 aromatic heterocycles. The molecule has 17 heavy (non-hydrogen) atoms. The first-order chi connectivity index (χ1) is 8.11. The molecule has 1 aromatic rings. The topological polar surface area (TPSA) is 29.0 Å². The summed E-state index contributed by atoms with van der Waals surface area (Å²) in [5, 5.41) is 0.571. The van der Waals surface area contributed by atoms with Crippen molar-refractivity contribution < 1.29 is 0 Å². The van der Waals surface area contributed by atoms with Gasteiger partial charge < -0.3 is 4.90 Å². The highest BCUT2D eigenvalue weighted by Crippen LogP contribution is 2.25. The summed E-state index contributed by atoms with van der Waals surface area (Å²) < 4.78 is 0. The summed E-state index contributed by atoms with van der Waals surface area (Å²) in [6.45, 7) is 4.29. The second-order valence-corrected chi connectivity index (χ2v) is 5.41. The van der Waals surface area contributed by atoms with Gasteiger partial charge in [0.2, 0.25) is 0 Å². The van der Waals surface area contributed by atoms with Crippen LogP contribution in [0.3, 0.4) is 0 Å². The normalized spacial score (nSPS) is 12.5. The molecule has 0 spiro atoms. The van der Waals surface area contributed by atoms with Crippen molar-refractivity contribution in [2.24, 2.45) is 0 Å². The molecule has 1 rings (SSSR count). The van der Waals surface area contributed by atoms with E-state index in [9.17, 15) is 0 Å². The number of hydrogen-bond acceptors (Lipinski definition) is 4. The zero-order valence-corrected chi connectivity index (χ0v) is 12.5. The average molecular weight is 274 g/mol. The Labute approximate surface area is 113 Å². The molecule has 0 fully saturated rings. The summed E-state index contributed by atoms with van der Waals surface area (Å²) in [5.41, 5.74) is 1.03. The predicted octanol–water partition coefficient (Wildman–Crippen LogP) is 3.27. The molecule has 0 saturated heterocycles. The van der Waals surface area contributed by atoms with E-state index >= 15 is 0 Å². The maximum Gasteiger partial charge on any atom is 0.137 e. The number of hydrogen-bond donors (Lipinski definition) is 0. The van der Waals surface area contributed by atoms with Crippen LogP contribution in [0.5, 0.6) is 0 Å². The highest BCUT2D eigenvalue weighted by Gasteiger charge is 2.16. The van der Waals surface area contributed by atoms with E-state index in [-0.39, 0.29) is 0 Å². The Bertz CT molecular complexity index is 360. The molecule has 0 amide bonds. The van der Waals surface area contributed by atoms with Gasteiger partial charge >= 0.3 is 0 Å². The lowest BCUT2D eigenvalue weighted by Gasteiger charge is -2.27. The van der Waals surface area contributed by atoms with Gasteiger partial charge in [-0.1, -0.05) is 18.5 Å². The number of halogens is 1. The van der Waals surface area contributed by atoms with Gasteiger partial charge in [-0.2, -0.15) is 11.8 Å². The smallest absolute Gasteiger partial charge is 0.137 e. The van der Waals surface area contributed by atoms with E-state index in [1.807, 2.05) is 11.8 Å². The molecule has 0 aliphatic carbocycles. The molecule has 0 radical (unpaired) electrons. The van der Waals surface area contributed by atoms with Crippen LogP contribution in [0.2, 0.25) is 5.15 Å². The maximum absolute atomic E-state index is 6.10. The van der Waals surface area contributed by atoms with E-state index in [2.05, 4.69) is 42.0 Å². The molecule has 96 valence electrons. The molecule has 1 heterocycles. The van der Waals surface area contributed by atoms with Gasteiger partial charge in [-0.05, 0) is 31.8 Å². The zero-order valence-electron chi connectivity index (χ0n) is 10.9. The molecule has 0 aliphatic heterocycles. The van der Waals surface area contributed by atoms with Crippen molar-refractivity contribution in [1.82, 2.24) is 9.97 Å². The van der Waals surface area contributed by atoms with Gasteiger partial charge in [-0.15, -0.1) is 0 Å². The summed E-state index contributed by atoms with van der Waals surface area (Å²) >= 11 is 7.97. The third-order valence-corrected chi connectivity index (χ3v) is 3.93. The molecule has 1 atom stereocenters. The van der Waals surface area contributed by atoms with Crippen molar-refractivity contribution in [2.45, 2.75) is 32.7 Å². The van der Waals surface area contributed by atoms with E-state index in [4.69, 9.17) is 11.6 Å². The molecule has 0 aromatic carbocycles. The van der Waals surface area contributed by atoms with Crippen molar-refractivity contribution in [2.75, 3.05) is 24.0 Å². The van der Waals surface area contributed by atoms with Crippen LogP contribution in [0.25, 0.3) is 0 Å².